The number of unbranched alkanes of at least 4 members (excludes halogenated alkanes) is 3. The van der Waals surface area contributed by atoms with E-state index < -0.39 is 22.6 Å². The smallest absolute Gasteiger partial charge is 0.244 e. The number of benzene rings is 1. The van der Waals surface area contributed by atoms with E-state index in [1.54, 1.807) is 16.7 Å². The zero-order chi connectivity index (χ0) is 24.5. The van der Waals surface area contributed by atoms with E-state index in [0.29, 0.717) is 18.7 Å². The number of hydrogen-bond acceptors (Lipinski definition) is 5. The molecule has 34 heavy (non-hydrogen) atoms. The number of anilines is 1. The van der Waals surface area contributed by atoms with Gasteiger partial charge in [-0.3, -0.25) is 14.4 Å². The van der Waals surface area contributed by atoms with E-state index in [1.807, 2.05) is 44.2 Å². The Morgan fingerprint density at radius 2 is 1.88 bits per heavy atom. The van der Waals surface area contributed by atoms with Crippen LogP contribution in [0, 0.1) is 11.8 Å². The molecule has 0 aromatic heterocycles. The average Bonchev–Trinajstić information content (AvgIpc) is 3.37. The first-order chi connectivity index (χ1) is 16.3. The first-order valence-electron chi connectivity index (χ1n) is 12.2. The van der Waals surface area contributed by atoms with Gasteiger partial charge in [-0.05, 0) is 45.2 Å². The molecular formula is C25H34BrN3O4S. The molecule has 3 fully saturated rings. The maximum atomic E-state index is 13.9. The molecule has 186 valence electrons. The van der Waals surface area contributed by atoms with Gasteiger partial charge in [0.1, 0.15) is 6.04 Å². The van der Waals surface area contributed by atoms with Gasteiger partial charge in [0.15, 0.2) is 0 Å². The zero-order valence-electron chi connectivity index (χ0n) is 19.7. The van der Waals surface area contributed by atoms with Gasteiger partial charge in [0, 0.05) is 35.0 Å². The zero-order valence-corrected chi connectivity index (χ0v) is 22.1. The van der Waals surface area contributed by atoms with Gasteiger partial charge in [-0.25, -0.2) is 0 Å². The number of nitrogens with zero attached hydrogens (tertiary/aromatic N) is 1. The van der Waals surface area contributed by atoms with Crippen LogP contribution < -0.4 is 10.6 Å². The third-order valence-electron chi connectivity index (χ3n) is 7.12. The third-order valence-corrected chi connectivity index (χ3v) is 10.3. The van der Waals surface area contributed by atoms with Crippen LogP contribution in [0.2, 0.25) is 0 Å². The number of thioether (sulfide) groups is 1. The van der Waals surface area contributed by atoms with Gasteiger partial charge < -0.3 is 20.6 Å². The van der Waals surface area contributed by atoms with Crippen molar-refractivity contribution in [1.82, 2.24) is 10.2 Å². The SMILES string of the molecule is CC(C)NC(=O)C1N(CCCCCCO)C(=O)[C@@H]2[C@H](C(=O)Nc3ccccc3)[C@H]3SC12CC3Br. The van der Waals surface area contributed by atoms with Gasteiger partial charge >= 0.3 is 0 Å². The number of hydrogen-bond donors (Lipinski definition) is 3. The van der Waals surface area contributed by atoms with Gasteiger partial charge in [-0.1, -0.05) is 47.0 Å². The molecule has 1 aromatic rings. The minimum atomic E-state index is -0.612. The van der Waals surface area contributed by atoms with Crippen molar-refractivity contribution in [1.29, 1.82) is 0 Å². The van der Waals surface area contributed by atoms with Crippen molar-refractivity contribution in [3.63, 3.8) is 0 Å². The summed E-state index contributed by atoms with van der Waals surface area (Å²) in [7, 11) is 0. The Bertz CT molecular complexity index is 917. The molecule has 4 rings (SSSR count). The van der Waals surface area contributed by atoms with Crippen molar-refractivity contribution < 1.29 is 19.5 Å². The lowest BCUT2D eigenvalue weighted by Gasteiger charge is -2.35. The summed E-state index contributed by atoms with van der Waals surface area (Å²) in [6, 6.07) is 8.68. The summed E-state index contributed by atoms with van der Waals surface area (Å²) in [5, 5.41) is 15.0. The van der Waals surface area contributed by atoms with E-state index in [9.17, 15) is 14.4 Å². The molecule has 3 amide bonds. The highest BCUT2D eigenvalue weighted by Gasteiger charge is 2.75. The minimum absolute atomic E-state index is 0.0370. The van der Waals surface area contributed by atoms with Crippen molar-refractivity contribution in [3.05, 3.63) is 30.3 Å². The van der Waals surface area contributed by atoms with Crippen molar-refractivity contribution in [2.24, 2.45) is 11.8 Å². The van der Waals surface area contributed by atoms with Crippen LogP contribution >= 0.6 is 27.7 Å². The first-order valence-corrected chi connectivity index (χ1v) is 14.0. The van der Waals surface area contributed by atoms with Gasteiger partial charge in [-0.2, -0.15) is 0 Å². The van der Waals surface area contributed by atoms with Crippen LogP contribution in [0.1, 0.15) is 46.0 Å². The van der Waals surface area contributed by atoms with Gasteiger partial charge in [0.25, 0.3) is 0 Å². The monoisotopic (exact) mass is 551 g/mol. The molecule has 0 radical (unpaired) electrons. The highest BCUT2D eigenvalue weighted by atomic mass is 79.9. The van der Waals surface area contributed by atoms with Crippen molar-refractivity contribution in [3.8, 4) is 0 Å². The number of rotatable bonds is 10. The number of para-hydroxylation sites is 1. The number of halogens is 1. The molecule has 1 aromatic carbocycles. The van der Waals surface area contributed by atoms with Crippen LogP contribution in [0.4, 0.5) is 5.69 Å². The normalized spacial score (nSPS) is 31.7. The predicted molar refractivity (Wildman–Crippen MR) is 138 cm³/mol. The van der Waals surface area contributed by atoms with E-state index in [1.165, 1.54) is 0 Å². The summed E-state index contributed by atoms with van der Waals surface area (Å²) < 4.78 is -0.612. The second-order valence-electron chi connectivity index (χ2n) is 9.85. The lowest BCUT2D eigenvalue weighted by atomic mass is 9.70. The molecule has 9 heteroatoms. The molecular weight excluding hydrogens is 518 g/mol. The number of aliphatic hydroxyl groups excluding tert-OH is 1. The molecule has 3 aliphatic heterocycles. The highest BCUT2D eigenvalue weighted by Crippen LogP contribution is 2.67. The van der Waals surface area contributed by atoms with Crippen LogP contribution in [0.25, 0.3) is 0 Å². The first kappa shape index (κ1) is 25.5. The number of carbonyl (C=O) groups is 3. The largest absolute Gasteiger partial charge is 0.396 e. The lowest BCUT2D eigenvalue weighted by Crippen LogP contribution is -2.55. The molecule has 6 atom stereocenters. The second-order valence-corrected chi connectivity index (χ2v) is 12.6. The predicted octanol–water partition coefficient (Wildman–Crippen LogP) is 3.17. The van der Waals surface area contributed by atoms with E-state index in [0.717, 1.165) is 25.7 Å². The Morgan fingerprint density at radius 3 is 2.56 bits per heavy atom. The standard InChI is InChI=1S/C25H34BrN3O4S/c1-15(2)27-23(32)21-25-14-17(26)20(34-25)18(22(31)28-16-10-6-5-7-11-16)19(25)24(33)29(21)12-8-3-4-9-13-30/h5-7,10-11,15,17-21,30H,3-4,8-9,12-14H2,1-2H3,(H,27,32)(H,28,31)/t17?,18-,19-,20-,21?,25?/m0/s1. The minimum Gasteiger partial charge on any atom is -0.396 e. The van der Waals surface area contributed by atoms with Crippen molar-refractivity contribution >= 4 is 51.1 Å². The fourth-order valence-electron chi connectivity index (χ4n) is 5.83. The van der Waals surface area contributed by atoms with Crippen LogP contribution in [0.15, 0.2) is 30.3 Å². The fourth-order valence-corrected chi connectivity index (χ4v) is 9.44. The molecule has 3 aliphatic rings. The summed E-state index contributed by atoms with van der Waals surface area (Å²) in [5.74, 6) is -1.36. The fraction of sp³-hybridized carbons (Fsp3) is 0.640. The van der Waals surface area contributed by atoms with Crippen molar-refractivity contribution in [2.75, 3.05) is 18.5 Å². The van der Waals surface area contributed by atoms with Gasteiger partial charge in [-0.15, -0.1) is 11.8 Å². The van der Waals surface area contributed by atoms with Crippen LogP contribution in [0.3, 0.4) is 0 Å². The number of fused-ring (bicyclic) bond motifs is 1. The number of amides is 3. The molecule has 2 bridgehead atoms. The quantitative estimate of drug-likeness (QED) is 0.306. The summed E-state index contributed by atoms with van der Waals surface area (Å²) in [6.07, 6.45) is 3.97. The lowest BCUT2D eigenvalue weighted by molar-refractivity contribution is -0.139. The summed E-state index contributed by atoms with van der Waals surface area (Å²) in [4.78, 5) is 42.6. The summed E-state index contributed by atoms with van der Waals surface area (Å²) in [5.41, 5.74) is 0.709. The number of alkyl halides is 1. The average molecular weight is 553 g/mol. The topological polar surface area (TPSA) is 98.7 Å². The molecule has 0 aliphatic carbocycles. The van der Waals surface area contributed by atoms with Crippen LogP contribution in [-0.4, -0.2) is 67.8 Å². The molecule has 3 heterocycles. The van der Waals surface area contributed by atoms with Crippen molar-refractivity contribution in [2.45, 2.75) is 72.9 Å². The number of aliphatic hydroxyl groups is 1. The number of carbonyl (C=O) groups excluding carboxylic acids is 3. The van der Waals surface area contributed by atoms with E-state index in [-0.39, 0.29) is 40.4 Å². The molecule has 3 saturated heterocycles. The Balaban J connectivity index is 1.62. The third kappa shape index (κ3) is 4.63. The second kappa shape index (κ2) is 10.6. The van der Waals surface area contributed by atoms with Crippen LogP contribution in [0.5, 0.6) is 0 Å². The number of likely N-dealkylation sites (tertiary alicyclic amines) is 1. The van der Waals surface area contributed by atoms with E-state index in [4.69, 9.17) is 5.11 Å². The molecule has 1 spiro atoms. The van der Waals surface area contributed by atoms with Gasteiger partial charge in [0.05, 0.1) is 16.6 Å². The summed E-state index contributed by atoms with van der Waals surface area (Å²) in [6.45, 7) is 4.50. The highest BCUT2D eigenvalue weighted by molar-refractivity contribution is 9.09. The maximum Gasteiger partial charge on any atom is 0.244 e. The molecule has 3 N–H and O–H groups in total. The Labute approximate surface area is 213 Å². The molecule has 3 unspecified atom stereocenters. The summed E-state index contributed by atoms with van der Waals surface area (Å²) >= 11 is 5.44. The molecule has 7 nitrogen and oxygen atoms in total. The Kier molecular flexibility index (Phi) is 7.94. The maximum absolute atomic E-state index is 13.9. The Hall–Kier alpha value is -1.58. The van der Waals surface area contributed by atoms with Crippen LogP contribution in [-0.2, 0) is 14.4 Å². The van der Waals surface area contributed by atoms with E-state index in [2.05, 4.69) is 26.6 Å². The van der Waals surface area contributed by atoms with E-state index >= 15 is 0 Å². The van der Waals surface area contributed by atoms with Gasteiger partial charge in [0.2, 0.25) is 17.7 Å². The Morgan fingerprint density at radius 1 is 1.18 bits per heavy atom. The number of nitrogens with one attached hydrogen (secondary N) is 2. The molecule has 0 saturated carbocycles.